The molecule has 0 bridgehead atoms. The van der Waals surface area contributed by atoms with Gasteiger partial charge in [-0.1, -0.05) is 0 Å². The predicted octanol–water partition coefficient (Wildman–Crippen LogP) is 3.74. The van der Waals surface area contributed by atoms with Crippen molar-refractivity contribution < 1.29 is 9.84 Å². The summed E-state index contributed by atoms with van der Waals surface area (Å²) in [6, 6.07) is 7.88. The predicted molar refractivity (Wildman–Crippen MR) is 83.7 cm³/mol. The van der Waals surface area contributed by atoms with Gasteiger partial charge in [0.25, 0.3) is 0 Å². The van der Waals surface area contributed by atoms with Crippen molar-refractivity contribution in [2.45, 2.75) is 32.4 Å². The van der Waals surface area contributed by atoms with Crippen LogP contribution in [0.3, 0.4) is 0 Å². The van der Waals surface area contributed by atoms with Crippen LogP contribution in [0.1, 0.15) is 31.0 Å². The minimum absolute atomic E-state index is 0.0683. The number of rotatable bonds is 6. The number of benzene rings is 1. The first-order chi connectivity index (χ1) is 9.60. The topological polar surface area (TPSA) is 41.5 Å². The Labute approximate surface area is 124 Å². The second-order valence-corrected chi connectivity index (χ2v) is 5.83. The van der Waals surface area contributed by atoms with E-state index in [0.29, 0.717) is 11.8 Å². The number of phenols is 1. The van der Waals surface area contributed by atoms with E-state index in [4.69, 9.17) is 4.74 Å². The molecule has 0 aliphatic heterocycles. The zero-order valence-electron chi connectivity index (χ0n) is 12.1. The van der Waals surface area contributed by atoms with Gasteiger partial charge in [0.1, 0.15) is 11.5 Å². The number of nitrogens with one attached hydrogen (secondary N) is 1. The van der Waals surface area contributed by atoms with Crippen molar-refractivity contribution in [3.8, 4) is 11.5 Å². The van der Waals surface area contributed by atoms with Crippen molar-refractivity contribution in [3.05, 3.63) is 46.2 Å². The fourth-order valence-electron chi connectivity index (χ4n) is 2.34. The first-order valence-electron chi connectivity index (χ1n) is 6.74. The molecule has 1 aromatic carbocycles. The van der Waals surface area contributed by atoms with Gasteiger partial charge in [0.2, 0.25) is 0 Å². The van der Waals surface area contributed by atoms with Crippen LogP contribution in [0.4, 0.5) is 0 Å². The van der Waals surface area contributed by atoms with Crippen LogP contribution in [0.5, 0.6) is 11.5 Å². The Bertz CT molecular complexity index is 539. The van der Waals surface area contributed by atoms with Gasteiger partial charge in [0, 0.05) is 17.6 Å². The van der Waals surface area contributed by atoms with Crippen molar-refractivity contribution in [2.24, 2.45) is 0 Å². The lowest BCUT2D eigenvalue weighted by atomic mass is 10.0. The Kier molecular flexibility index (Phi) is 5.04. The summed E-state index contributed by atoms with van der Waals surface area (Å²) in [6.45, 7) is 4.21. The van der Waals surface area contributed by atoms with Gasteiger partial charge < -0.3 is 15.2 Å². The fraction of sp³-hybridized carbons (Fsp3) is 0.375. The van der Waals surface area contributed by atoms with Crippen molar-refractivity contribution in [3.63, 3.8) is 0 Å². The lowest BCUT2D eigenvalue weighted by Gasteiger charge is -2.21. The molecule has 1 aromatic heterocycles. The van der Waals surface area contributed by atoms with Crippen LogP contribution in [0.15, 0.2) is 35.0 Å². The van der Waals surface area contributed by atoms with Crippen molar-refractivity contribution in [1.82, 2.24) is 5.32 Å². The molecule has 0 spiro atoms. The summed E-state index contributed by atoms with van der Waals surface area (Å²) in [4.78, 5) is 0. The van der Waals surface area contributed by atoms with E-state index < -0.39 is 0 Å². The molecule has 2 unspecified atom stereocenters. The van der Waals surface area contributed by atoms with Crippen LogP contribution >= 0.6 is 11.3 Å². The zero-order chi connectivity index (χ0) is 14.5. The van der Waals surface area contributed by atoms with E-state index in [0.717, 1.165) is 17.7 Å². The molecule has 0 saturated carbocycles. The number of hydrogen-bond acceptors (Lipinski definition) is 4. The molecule has 2 rings (SSSR count). The molecule has 0 radical (unpaired) electrons. The number of methoxy groups -OCH3 is 1. The monoisotopic (exact) mass is 291 g/mol. The van der Waals surface area contributed by atoms with Gasteiger partial charge in [-0.15, -0.1) is 0 Å². The minimum atomic E-state index is 0.0683. The van der Waals surface area contributed by atoms with E-state index in [-0.39, 0.29) is 6.04 Å². The number of phenolic OH excluding ortho intramolecular Hbond substituents is 1. The SMILES string of the molecule is COc1ccc(O)c(C(C)NC(C)Cc2ccsc2)c1. The molecule has 4 heteroatoms. The lowest BCUT2D eigenvalue weighted by Crippen LogP contribution is -2.30. The van der Waals surface area contributed by atoms with E-state index >= 15 is 0 Å². The summed E-state index contributed by atoms with van der Waals surface area (Å²) in [5, 5.41) is 17.8. The van der Waals surface area contributed by atoms with Crippen LogP contribution in [0.2, 0.25) is 0 Å². The van der Waals surface area contributed by atoms with Crippen molar-refractivity contribution >= 4 is 11.3 Å². The first-order valence-corrected chi connectivity index (χ1v) is 7.68. The van der Waals surface area contributed by atoms with Crippen LogP contribution in [0.25, 0.3) is 0 Å². The maximum absolute atomic E-state index is 9.98. The quantitative estimate of drug-likeness (QED) is 0.852. The molecule has 0 aliphatic rings. The summed E-state index contributed by atoms with van der Waals surface area (Å²) in [6.07, 6.45) is 0.985. The third-order valence-electron chi connectivity index (χ3n) is 3.36. The summed E-state index contributed by atoms with van der Waals surface area (Å²) in [7, 11) is 1.63. The Balaban J connectivity index is 2.02. The second kappa shape index (κ2) is 6.77. The smallest absolute Gasteiger partial charge is 0.120 e. The summed E-state index contributed by atoms with van der Waals surface area (Å²) in [5.41, 5.74) is 2.21. The van der Waals surface area contributed by atoms with Gasteiger partial charge in [0.15, 0.2) is 0 Å². The zero-order valence-corrected chi connectivity index (χ0v) is 12.9. The molecule has 108 valence electrons. The third-order valence-corrected chi connectivity index (χ3v) is 4.09. The Morgan fingerprint density at radius 3 is 2.75 bits per heavy atom. The highest BCUT2D eigenvalue weighted by molar-refractivity contribution is 7.07. The van der Waals surface area contributed by atoms with E-state index in [1.807, 2.05) is 6.07 Å². The summed E-state index contributed by atoms with van der Waals surface area (Å²) in [5.74, 6) is 1.06. The van der Waals surface area contributed by atoms with Crippen LogP contribution < -0.4 is 10.1 Å². The Morgan fingerprint density at radius 2 is 2.10 bits per heavy atom. The van der Waals surface area contributed by atoms with E-state index in [1.165, 1.54) is 5.56 Å². The molecular weight excluding hydrogens is 270 g/mol. The Hall–Kier alpha value is -1.52. The molecule has 3 nitrogen and oxygen atoms in total. The van der Waals surface area contributed by atoms with Crippen LogP contribution in [0, 0.1) is 0 Å². The average molecular weight is 291 g/mol. The molecule has 0 aliphatic carbocycles. The molecule has 1 heterocycles. The number of ether oxygens (including phenoxy) is 1. The molecule has 2 atom stereocenters. The maximum Gasteiger partial charge on any atom is 0.120 e. The number of aromatic hydroxyl groups is 1. The summed E-state index contributed by atoms with van der Waals surface area (Å²) >= 11 is 1.72. The largest absolute Gasteiger partial charge is 0.508 e. The van der Waals surface area contributed by atoms with E-state index in [2.05, 4.69) is 36.0 Å². The van der Waals surface area contributed by atoms with Gasteiger partial charge in [-0.3, -0.25) is 0 Å². The number of hydrogen-bond donors (Lipinski definition) is 2. The van der Waals surface area contributed by atoms with Gasteiger partial charge in [-0.05, 0) is 60.9 Å². The van der Waals surface area contributed by atoms with Gasteiger partial charge in [-0.2, -0.15) is 11.3 Å². The molecule has 2 aromatic rings. The first kappa shape index (κ1) is 14.9. The number of thiophene rings is 1. The fourth-order valence-corrected chi connectivity index (χ4v) is 3.03. The van der Waals surface area contributed by atoms with Crippen molar-refractivity contribution in [2.75, 3.05) is 7.11 Å². The van der Waals surface area contributed by atoms with Gasteiger partial charge >= 0.3 is 0 Å². The summed E-state index contributed by atoms with van der Waals surface area (Å²) < 4.78 is 5.21. The molecular formula is C16H21NO2S. The van der Waals surface area contributed by atoms with Crippen LogP contribution in [-0.2, 0) is 6.42 Å². The van der Waals surface area contributed by atoms with Crippen molar-refractivity contribution in [1.29, 1.82) is 0 Å². The Morgan fingerprint density at radius 1 is 1.30 bits per heavy atom. The average Bonchev–Trinajstić information content (AvgIpc) is 2.91. The molecule has 0 saturated heterocycles. The van der Waals surface area contributed by atoms with Gasteiger partial charge in [0.05, 0.1) is 7.11 Å². The maximum atomic E-state index is 9.98. The standard InChI is InChI=1S/C16H21NO2S/c1-11(8-13-6-7-20-10-13)17-12(2)15-9-14(19-3)4-5-16(15)18/h4-7,9-12,17-18H,8H2,1-3H3. The second-order valence-electron chi connectivity index (χ2n) is 5.05. The third kappa shape index (κ3) is 3.74. The molecule has 0 fully saturated rings. The normalized spacial score (nSPS) is 13.9. The highest BCUT2D eigenvalue weighted by Gasteiger charge is 2.14. The molecule has 2 N–H and O–H groups in total. The van der Waals surface area contributed by atoms with Gasteiger partial charge in [-0.25, -0.2) is 0 Å². The lowest BCUT2D eigenvalue weighted by molar-refractivity contribution is 0.404. The minimum Gasteiger partial charge on any atom is -0.508 e. The molecule has 0 amide bonds. The van der Waals surface area contributed by atoms with E-state index in [9.17, 15) is 5.11 Å². The molecule has 20 heavy (non-hydrogen) atoms. The van der Waals surface area contributed by atoms with E-state index in [1.54, 1.807) is 30.6 Å². The van der Waals surface area contributed by atoms with Crippen LogP contribution in [-0.4, -0.2) is 18.3 Å². The highest BCUT2D eigenvalue weighted by atomic mass is 32.1. The highest BCUT2D eigenvalue weighted by Crippen LogP contribution is 2.28.